The first kappa shape index (κ1) is 7.79. The van der Waals surface area contributed by atoms with Crippen LogP contribution in [0.4, 0.5) is 0 Å². The van der Waals surface area contributed by atoms with Crippen molar-refractivity contribution in [3.8, 4) is 17.1 Å². The Bertz CT molecular complexity index is 383. The topological polar surface area (TPSA) is 50.8 Å². The van der Waals surface area contributed by atoms with Crippen LogP contribution in [0.15, 0.2) is 30.3 Å². The van der Waals surface area contributed by atoms with E-state index in [9.17, 15) is 0 Å². The van der Waals surface area contributed by atoms with Crippen molar-refractivity contribution < 1.29 is 4.74 Å². The van der Waals surface area contributed by atoms with Gasteiger partial charge in [-0.05, 0) is 0 Å². The molecule has 0 saturated carbocycles. The highest BCUT2D eigenvalue weighted by Gasteiger charge is 2.08. The molecule has 0 bridgehead atoms. The van der Waals surface area contributed by atoms with Crippen molar-refractivity contribution in [3.05, 3.63) is 30.3 Å². The molecule has 0 atom stereocenters. The van der Waals surface area contributed by atoms with Gasteiger partial charge in [0.25, 0.3) is 0 Å². The summed E-state index contributed by atoms with van der Waals surface area (Å²) in [6.45, 7) is 0. The van der Waals surface area contributed by atoms with E-state index in [0.717, 1.165) is 11.3 Å². The molecule has 2 aromatic rings. The number of aromatic nitrogens is 3. The number of ether oxygens (including phenoxy) is 1. The molecule has 0 aliphatic heterocycles. The predicted octanol–water partition coefficient (Wildman–Crippen LogP) is 1.48. The third-order valence-electron chi connectivity index (χ3n) is 1.77. The van der Waals surface area contributed by atoms with Gasteiger partial charge in [0.1, 0.15) is 0 Å². The molecular weight excluding hydrogens is 166 g/mol. The van der Waals surface area contributed by atoms with Crippen molar-refractivity contribution >= 4 is 0 Å². The van der Waals surface area contributed by atoms with Crippen molar-refractivity contribution in [1.82, 2.24) is 15.4 Å². The lowest BCUT2D eigenvalue weighted by Crippen LogP contribution is -1.85. The molecule has 66 valence electrons. The Morgan fingerprint density at radius 2 is 2.00 bits per heavy atom. The van der Waals surface area contributed by atoms with Crippen LogP contribution in [0.3, 0.4) is 0 Å². The molecule has 0 radical (unpaired) electrons. The van der Waals surface area contributed by atoms with Crippen molar-refractivity contribution in [1.29, 1.82) is 0 Å². The Hall–Kier alpha value is -1.84. The molecule has 1 heterocycles. The first-order valence-corrected chi connectivity index (χ1v) is 3.92. The molecule has 2 rings (SSSR count). The number of benzene rings is 1. The Kier molecular flexibility index (Phi) is 1.96. The molecule has 4 heteroatoms. The standard InChI is InChI=1S/C9H9N3O/c1-13-9-8(10-12-11-9)7-5-3-2-4-6-7/h2-6H,1H3,(H,10,11,12). The van der Waals surface area contributed by atoms with Crippen LogP contribution >= 0.6 is 0 Å². The second-order valence-corrected chi connectivity index (χ2v) is 2.56. The summed E-state index contributed by atoms with van der Waals surface area (Å²) >= 11 is 0. The Morgan fingerprint density at radius 1 is 1.23 bits per heavy atom. The zero-order valence-electron chi connectivity index (χ0n) is 7.19. The van der Waals surface area contributed by atoms with Gasteiger partial charge in [-0.3, -0.25) is 0 Å². The van der Waals surface area contributed by atoms with Crippen LogP contribution in [0.1, 0.15) is 0 Å². The second-order valence-electron chi connectivity index (χ2n) is 2.56. The minimum atomic E-state index is 0.589. The maximum absolute atomic E-state index is 5.06. The summed E-state index contributed by atoms with van der Waals surface area (Å²) in [5.74, 6) is 0.589. The van der Waals surface area contributed by atoms with E-state index in [1.165, 1.54) is 0 Å². The lowest BCUT2D eigenvalue weighted by atomic mass is 10.2. The van der Waals surface area contributed by atoms with Crippen molar-refractivity contribution in [2.24, 2.45) is 0 Å². The highest BCUT2D eigenvalue weighted by Crippen LogP contribution is 2.23. The van der Waals surface area contributed by atoms with Crippen molar-refractivity contribution in [2.75, 3.05) is 7.11 Å². The van der Waals surface area contributed by atoms with Crippen LogP contribution in [-0.2, 0) is 0 Å². The normalized spacial score (nSPS) is 9.92. The summed E-state index contributed by atoms with van der Waals surface area (Å²) in [6, 6.07) is 9.77. The Balaban J connectivity index is 2.47. The van der Waals surface area contributed by atoms with Gasteiger partial charge in [-0.15, -0.1) is 5.10 Å². The molecule has 0 saturated heterocycles. The summed E-state index contributed by atoms with van der Waals surface area (Å²) in [5.41, 5.74) is 1.73. The molecule has 4 nitrogen and oxygen atoms in total. The van der Waals surface area contributed by atoms with Crippen LogP contribution < -0.4 is 4.74 Å². The van der Waals surface area contributed by atoms with E-state index in [2.05, 4.69) is 15.4 Å². The molecule has 0 unspecified atom stereocenters. The number of rotatable bonds is 2. The quantitative estimate of drug-likeness (QED) is 0.752. The number of hydrogen-bond donors (Lipinski definition) is 1. The fourth-order valence-electron chi connectivity index (χ4n) is 1.15. The van der Waals surface area contributed by atoms with Gasteiger partial charge in [0.15, 0.2) is 5.69 Å². The third kappa shape index (κ3) is 1.38. The predicted molar refractivity (Wildman–Crippen MR) is 48.4 cm³/mol. The van der Waals surface area contributed by atoms with Gasteiger partial charge in [-0.25, -0.2) is 5.10 Å². The average molecular weight is 175 g/mol. The number of hydrogen-bond acceptors (Lipinski definition) is 3. The summed E-state index contributed by atoms with van der Waals surface area (Å²) < 4.78 is 5.06. The molecule has 0 spiro atoms. The Labute approximate surface area is 75.6 Å². The summed E-state index contributed by atoms with van der Waals surface area (Å²) in [5, 5.41) is 10.3. The van der Waals surface area contributed by atoms with Crippen LogP contribution in [0.5, 0.6) is 5.88 Å². The van der Waals surface area contributed by atoms with Crippen LogP contribution in [-0.4, -0.2) is 22.5 Å². The number of nitrogens with zero attached hydrogens (tertiary/aromatic N) is 2. The van der Waals surface area contributed by atoms with Gasteiger partial charge in [-0.1, -0.05) is 35.5 Å². The highest BCUT2D eigenvalue weighted by atomic mass is 16.5. The summed E-state index contributed by atoms with van der Waals surface area (Å²) in [4.78, 5) is 0. The number of nitrogens with one attached hydrogen (secondary N) is 1. The molecular formula is C9H9N3O. The fraction of sp³-hybridized carbons (Fsp3) is 0.111. The maximum atomic E-state index is 5.06. The van der Waals surface area contributed by atoms with Gasteiger partial charge in [-0.2, -0.15) is 0 Å². The third-order valence-corrected chi connectivity index (χ3v) is 1.77. The van der Waals surface area contributed by atoms with E-state index < -0.39 is 0 Å². The van der Waals surface area contributed by atoms with Gasteiger partial charge >= 0.3 is 0 Å². The summed E-state index contributed by atoms with van der Waals surface area (Å²) in [7, 11) is 1.58. The molecule has 1 aromatic heterocycles. The van der Waals surface area contributed by atoms with Gasteiger partial charge in [0.2, 0.25) is 5.88 Å². The molecule has 13 heavy (non-hydrogen) atoms. The van der Waals surface area contributed by atoms with Crippen LogP contribution in [0, 0.1) is 0 Å². The molecule has 0 fully saturated rings. The van der Waals surface area contributed by atoms with E-state index in [1.54, 1.807) is 7.11 Å². The molecule has 1 aromatic carbocycles. The minimum absolute atomic E-state index is 0.589. The lowest BCUT2D eigenvalue weighted by molar-refractivity contribution is 0.398. The first-order chi connectivity index (χ1) is 6.42. The SMILES string of the molecule is COc1[nH]nnc1-c1ccccc1. The monoisotopic (exact) mass is 175 g/mol. The zero-order chi connectivity index (χ0) is 9.10. The highest BCUT2D eigenvalue weighted by molar-refractivity contribution is 5.63. The maximum Gasteiger partial charge on any atom is 0.237 e. The smallest absolute Gasteiger partial charge is 0.237 e. The second kappa shape index (κ2) is 3.26. The lowest BCUT2D eigenvalue weighted by Gasteiger charge is -1.98. The first-order valence-electron chi connectivity index (χ1n) is 3.92. The number of H-pyrrole nitrogens is 1. The van der Waals surface area contributed by atoms with Crippen LogP contribution in [0.2, 0.25) is 0 Å². The van der Waals surface area contributed by atoms with Crippen molar-refractivity contribution in [3.63, 3.8) is 0 Å². The van der Waals surface area contributed by atoms with Crippen molar-refractivity contribution in [2.45, 2.75) is 0 Å². The van der Waals surface area contributed by atoms with Gasteiger partial charge in [0, 0.05) is 5.56 Å². The average Bonchev–Trinajstić information content (AvgIpc) is 2.67. The van der Waals surface area contributed by atoms with Gasteiger partial charge < -0.3 is 4.74 Å². The fourth-order valence-corrected chi connectivity index (χ4v) is 1.15. The Morgan fingerprint density at radius 3 is 2.69 bits per heavy atom. The number of aromatic amines is 1. The molecule has 0 amide bonds. The van der Waals surface area contributed by atoms with E-state index >= 15 is 0 Å². The van der Waals surface area contributed by atoms with E-state index in [4.69, 9.17) is 4.74 Å². The minimum Gasteiger partial charge on any atom is -0.480 e. The molecule has 0 aliphatic rings. The molecule has 1 N–H and O–H groups in total. The van der Waals surface area contributed by atoms with Crippen LogP contribution in [0.25, 0.3) is 11.3 Å². The zero-order valence-corrected chi connectivity index (χ0v) is 7.19. The largest absolute Gasteiger partial charge is 0.480 e. The number of methoxy groups -OCH3 is 1. The molecule has 0 aliphatic carbocycles. The van der Waals surface area contributed by atoms with E-state index in [-0.39, 0.29) is 0 Å². The van der Waals surface area contributed by atoms with E-state index in [1.807, 2.05) is 30.3 Å². The van der Waals surface area contributed by atoms with Gasteiger partial charge in [0.05, 0.1) is 7.11 Å². The summed E-state index contributed by atoms with van der Waals surface area (Å²) in [6.07, 6.45) is 0. The van der Waals surface area contributed by atoms with E-state index in [0.29, 0.717) is 5.88 Å².